The molecule has 1 atom stereocenters. The highest BCUT2D eigenvalue weighted by Gasteiger charge is 2.38. The Kier molecular flexibility index (Phi) is 5.34. The second-order valence-corrected chi connectivity index (χ2v) is 4.57. The maximum Gasteiger partial charge on any atom is 0.0693 e. The zero-order valence-corrected chi connectivity index (χ0v) is 10.2. The van der Waals surface area contributed by atoms with Crippen LogP contribution in [0.4, 0.5) is 0 Å². The average Bonchev–Trinajstić information content (AvgIpc) is 2.20. The van der Waals surface area contributed by atoms with Gasteiger partial charge in [0.15, 0.2) is 0 Å². The zero-order valence-electron chi connectivity index (χ0n) is 10.2. The van der Waals surface area contributed by atoms with Crippen molar-refractivity contribution in [1.82, 2.24) is 5.32 Å². The van der Waals surface area contributed by atoms with Crippen molar-refractivity contribution < 1.29 is 4.74 Å². The molecule has 1 rings (SSSR count). The molecule has 1 saturated carbocycles. The van der Waals surface area contributed by atoms with Crippen LogP contribution in [0.15, 0.2) is 12.7 Å². The van der Waals surface area contributed by atoms with Gasteiger partial charge in [0.2, 0.25) is 0 Å². The first kappa shape index (κ1) is 12.7. The Morgan fingerprint density at radius 3 is 2.67 bits per heavy atom. The summed E-state index contributed by atoms with van der Waals surface area (Å²) in [5.41, 5.74) is 0.188. The molecule has 0 bridgehead atoms. The number of allylic oxidation sites excluding steroid dienone is 1. The summed E-state index contributed by atoms with van der Waals surface area (Å²) in [6.07, 6.45) is 9.24. The molecule has 2 nitrogen and oxygen atoms in total. The van der Waals surface area contributed by atoms with Gasteiger partial charge >= 0.3 is 0 Å². The highest BCUT2D eigenvalue weighted by atomic mass is 16.5. The quantitative estimate of drug-likeness (QED) is 0.623. The first-order valence-corrected chi connectivity index (χ1v) is 6.16. The second kappa shape index (κ2) is 6.29. The van der Waals surface area contributed by atoms with Gasteiger partial charge in [0.25, 0.3) is 0 Å². The summed E-state index contributed by atoms with van der Waals surface area (Å²) < 4.78 is 5.66. The lowest BCUT2D eigenvalue weighted by atomic mass is 9.75. The number of hydrogen-bond donors (Lipinski definition) is 1. The number of methoxy groups -OCH3 is 1. The number of hydrogen-bond acceptors (Lipinski definition) is 2. The van der Waals surface area contributed by atoms with E-state index in [1.807, 2.05) is 13.2 Å². The van der Waals surface area contributed by atoms with Crippen molar-refractivity contribution in [1.29, 1.82) is 0 Å². The third kappa shape index (κ3) is 3.62. The molecule has 0 aromatic carbocycles. The molecule has 1 aliphatic rings. The topological polar surface area (TPSA) is 21.3 Å². The Balaban J connectivity index is 2.37. The van der Waals surface area contributed by atoms with Crippen LogP contribution in [0.5, 0.6) is 0 Å². The minimum absolute atomic E-state index is 0.188. The van der Waals surface area contributed by atoms with Gasteiger partial charge < -0.3 is 10.1 Å². The van der Waals surface area contributed by atoms with E-state index in [0.717, 1.165) is 19.4 Å². The van der Waals surface area contributed by atoms with E-state index in [1.165, 1.54) is 25.7 Å². The van der Waals surface area contributed by atoms with E-state index in [4.69, 9.17) is 4.74 Å². The summed E-state index contributed by atoms with van der Waals surface area (Å²) in [6, 6.07) is 0.591. The van der Waals surface area contributed by atoms with Gasteiger partial charge in [0, 0.05) is 13.2 Å². The minimum Gasteiger partial charge on any atom is -0.378 e. The Bertz CT molecular complexity index is 181. The van der Waals surface area contributed by atoms with Crippen molar-refractivity contribution >= 4 is 0 Å². The Hall–Kier alpha value is -0.340. The third-order valence-electron chi connectivity index (χ3n) is 3.53. The van der Waals surface area contributed by atoms with Gasteiger partial charge in [-0.05, 0) is 45.1 Å². The molecule has 0 radical (unpaired) electrons. The second-order valence-electron chi connectivity index (χ2n) is 4.57. The van der Waals surface area contributed by atoms with Crippen LogP contribution in [0, 0.1) is 0 Å². The molecule has 1 aliphatic carbocycles. The zero-order chi connectivity index (χ0) is 11.1. The van der Waals surface area contributed by atoms with Crippen LogP contribution in [0.2, 0.25) is 0 Å². The summed E-state index contributed by atoms with van der Waals surface area (Å²) in [4.78, 5) is 0. The summed E-state index contributed by atoms with van der Waals surface area (Å²) in [5, 5.41) is 3.55. The molecular formula is C13H25NO. The van der Waals surface area contributed by atoms with Crippen LogP contribution in [0.3, 0.4) is 0 Å². The van der Waals surface area contributed by atoms with Gasteiger partial charge in [-0.1, -0.05) is 13.0 Å². The molecule has 1 unspecified atom stereocenters. The molecule has 88 valence electrons. The van der Waals surface area contributed by atoms with E-state index in [1.54, 1.807) is 0 Å². The normalized spacial score (nSPS) is 20.7. The van der Waals surface area contributed by atoms with Gasteiger partial charge in [0.1, 0.15) is 0 Å². The van der Waals surface area contributed by atoms with Crippen LogP contribution in [-0.4, -0.2) is 25.3 Å². The van der Waals surface area contributed by atoms with Crippen LogP contribution < -0.4 is 5.32 Å². The van der Waals surface area contributed by atoms with Gasteiger partial charge in [-0.15, -0.1) is 6.58 Å². The molecule has 0 amide bonds. The van der Waals surface area contributed by atoms with Crippen LogP contribution in [0.1, 0.15) is 45.4 Å². The molecule has 0 aliphatic heterocycles. The highest BCUT2D eigenvalue weighted by molar-refractivity contribution is 4.93. The summed E-state index contributed by atoms with van der Waals surface area (Å²) in [5.74, 6) is 0. The van der Waals surface area contributed by atoms with Crippen molar-refractivity contribution in [3.63, 3.8) is 0 Å². The van der Waals surface area contributed by atoms with Crippen molar-refractivity contribution in [2.45, 2.75) is 57.1 Å². The predicted molar refractivity (Wildman–Crippen MR) is 65.1 cm³/mol. The van der Waals surface area contributed by atoms with E-state index >= 15 is 0 Å². The van der Waals surface area contributed by atoms with Gasteiger partial charge in [-0.3, -0.25) is 0 Å². The molecule has 1 fully saturated rings. The average molecular weight is 211 g/mol. The van der Waals surface area contributed by atoms with E-state index in [9.17, 15) is 0 Å². The van der Waals surface area contributed by atoms with Crippen molar-refractivity contribution in [2.75, 3.05) is 13.7 Å². The number of ether oxygens (including phenoxy) is 1. The smallest absolute Gasteiger partial charge is 0.0693 e. The van der Waals surface area contributed by atoms with Crippen LogP contribution >= 0.6 is 0 Å². The molecule has 0 spiro atoms. The fourth-order valence-electron chi connectivity index (χ4n) is 2.40. The summed E-state index contributed by atoms with van der Waals surface area (Å²) >= 11 is 0. The van der Waals surface area contributed by atoms with Crippen molar-refractivity contribution in [2.24, 2.45) is 0 Å². The van der Waals surface area contributed by atoms with Crippen LogP contribution in [0.25, 0.3) is 0 Å². The molecular weight excluding hydrogens is 186 g/mol. The maximum absolute atomic E-state index is 5.66. The molecule has 0 heterocycles. The fraction of sp³-hybridized carbons (Fsp3) is 0.846. The fourth-order valence-corrected chi connectivity index (χ4v) is 2.40. The lowest BCUT2D eigenvalue weighted by molar-refractivity contribution is -0.0837. The lowest BCUT2D eigenvalue weighted by Gasteiger charge is -2.43. The van der Waals surface area contributed by atoms with Gasteiger partial charge in [-0.2, -0.15) is 0 Å². The molecule has 0 aromatic rings. The Labute approximate surface area is 94.1 Å². The Morgan fingerprint density at radius 1 is 1.53 bits per heavy atom. The predicted octanol–water partition coefficient (Wildman–Crippen LogP) is 2.89. The molecule has 0 aromatic heterocycles. The maximum atomic E-state index is 5.66. The monoisotopic (exact) mass is 211 g/mol. The number of rotatable bonds is 8. The summed E-state index contributed by atoms with van der Waals surface area (Å²) in [6.45, 7) is 7.00. The standard InChI is InChI=1S/C13H25NO/c1-4-6-8-12(14-5-2)11-13(15-3)9-7-10-13/h4,12,14H,1,5-11H2,2-3H3. The van der Waals surface area contributed by atoms with Crippen molar-refractivity contribution in [3.8, 4) is 0 Å². The first-order valence-electron chi connectivity index (χ1n) is 6.16. The van der Waals surface area contributed by atoms with Gasteiger partial charge in [0.05, 0.1) is 5.60 Å². The summed E-state index contributed by atoms with van der Waals surface area (Å²) in [7, 11) is 1.86. The SMILES string of the molecule is C=CCCC(CC1(OC)CCC1)NCC. The minimum atomic E-state index is 0.188. The largest absolute Gasteiger partial charge is 0.378 e. The van der Waals surface area contributed by atoms with Gasteiger partial charge in [-0.25, -0.2) is 0 Å². The third-order valence-corrected chi connectivity index (χ3v) is 3.53. The van der Waals surface area contributed by atoms with E-state index in [-0.39, 0.29) is 5.60 Å². The van der Waals surface area contributed by atoms with E-state index in [0.29, 0.717) is 6.04 Å². The molecule has 1 N–H and O–H groups in total. The molecule has 15 heavy (non-hydrogen) atoms. The highest BCUT2D eigenvalue weighted by Crippen LogP contribution is 2.39. The lowest BCUT2D eigenvalue weighted by Crippen LogP contribution is -2.45. The molecule has 2 heteroatoms. The molecule has 0 saturated heterocycles. The van der Waals surface area contributed by atoms with E-state index in [2.05, 4.69) is 18.8 Å². The Morgan fingerprint density at radius 2 is 2.27 bits per heavy atom. The van der Waals surface area contributed by atoms with Crippen molar-refractivity contribution in [3.05, 3.63) is 12.7 Å². The number of nitrogens with one attached hydrogen (secondary N) is 1. The van der Waals surface area contributed by atoms with Crippen LogP contribution in [-0.2, 0) is 4.74 Å². The van der Waals surface area contributed by atoms with E-state index < -0.39 is 0 Å². The first-order chi connectivity index (χ1) is 7.26.